The van der Waals surface area contributed by atoms with Gasteiger partial charge in [-0.05, 0) is 25.6 Å². The molecule has 1 aromatic heterocycles. The number of hydrogen-bond donors (Lipinski definition) is 1. The predicted octanol–water partition coefficient (Wildman–Crippen LogP) is 1.42. The molecule has 1 atom stereocenters. The molecule has 17 heavy (non-hydrogen) atoms. The van der Waals surface area contributed by atoms with Crippen molar-refractivity contribution in [3.05, 3.63) is 23.9 Å². The molecule has 2 rings (SSSR count). The summed E-state index contributed by atoms with van der Waals surface area (Å²) in [7, 11) is 1.94. The molecule has 0 spiro atoms. The van der Waals surface area contributed by atoms with Crippen molar-refractivity contribution in [2.75, 3.05) is 31.7 Å². The summed E-state index contributed by atoms with van der Waals surface area (Å²) in [6, 6.07) is 6.69. The van der Waals surface area contributed by atoms with Crippen molar-refractivity contribution in [3.8, 4) is 0 Å². The maximum atomic E-state index is 5.52. The summed E-state index contributed by atoms with van der Waals surface area (Å²) in [6.45, 7) is 5.57. The maximum absolute atomic E-state index is 5.52. The Morgan fingerprint density at radius 1 is 1.53 bits per heavy atom. The number of pyridine rings is 1. The Morgan fingerprint density at radius 2 is 2.41 bits per heavy atom. The Balaban J connectivity index is 2.16. The van der Waals surface area contributed by atoms with Crippen molar-refractivity contribution < 1.29 is 4.74 Å². The fraction of sp³-hybridized carbons (Fsp3) is 0.615. The molecule has 0 amide bonds. The molecule has 1 fully saturated rings. The van der Waals surface area contributed by atoms with Crippen molar-refractivity contribution in [3.63, 3.8) is 0 Å². The van der Waals surface area contributed by atoms with Crippen molar-refractivity contribution in [1.29, 1.82) is 0 Å². The molecule has 1 aromatic rings. The second kappa shape index (κ2) is 5.98. The van der Waals surface area contributed by atoms with E-state index in [2.05, 4.69) is 35.3 Å². The summed E-state index contributed by atoms with van der Waals surface area (Å²) >= 11 is 0. The highest BCUT2D eigenvalue weighted by atomic mass is 16.5. The topological polar surface area (TPSA) is 37.4 Å². The lowest BCUT2D eigenvalue weighted by Gasteiger charge is -2.36. The van der Waals surface area contributed by atoms with E-state index in [-0.39, 0.29) is 0 Å². The van der Waals surface area contributed by atoms with E-state index in [4.69, 9.17) is 9.72 Å². The molecule has 1 aliphatic rings. The van der Waals surface area contributed by atoms with Crippen LogP contribution in [0.4, 0.5) is 5.82 Å². The van der Waals surface area contributed by atoms with Crippen LogP contribution in [0, 0.1) is 0 Å². The van der Waals surface area contributed by atoms with Gasteiger partial charge in [0.15, 0.2) is 0 Å². The van der Waals surface area contributed by atoms with E-state index in [1.54, 1.807) is 0 Å². The number of nitrogens with zero attached hydrogens (tertiary/aromatic N) is 2. The van der Waals surface area contributed by atoms with Gasteiger partial charge < -0.3 is 15.0 Å². The predicted molar refractivity (Wildman–Crippen MR) is 69.2 cm³/mol. The van der Waals surface area contributed by atoms with Gasteiger partial charge >= 0.3 is 0 Å². The average Bonchev–Trinajstić information content (AvgIpc) is 2.39. The lowest BCUT2D eigenvalue weighted by Crippen LogP contribution is -2.45. The summed E-state index contributed by atoms with van der Waals surface area (Å²) in [4.78, 5) is 7.06. The van der Waals surface area contributed by atoms with E-state index in [1.807, 2.05) is 7.05 Å². The van der Waals surface area contributed by atoms with Crippen LogP contribution in [0.2, 0.25) is 0 Å². The number of nitrogens with one attached hydrogen (secondary N) is 1. The molecule has 0 radical (unpaired) electrons. The third-order valence-corrected chi connectivity index (χ3v) is 3.14. The zero-order chi connectivity index (χ0) is 12.1. The van der Waals surface area contributed by atoms with Crippen LogP contribution in [-0.4, -0.2) is 37.8 Å². The molecule has 1 N–H and O–H groups in total. The number of morpholine rings is 1. The highest BCUT2D eigenvalue weighted by Gasteiger charge is 2.22. The lowest BCUT2D eigenvalue weighted by molar-refractivity contribution is 0.0925. The van der Waals surface area contributed by atoms with Gasteiger partial charge in [-0.15, -0.1) is 0 Å². The van der Waals surface area contributed by atoms with Gasteiger partial charge in [0, 0.05) is 13.1 Å². The smallest absolute Gasteiger partial charge is 0.129 e. The third kappa shape index (κ3) is 2.96. The first-order valence-electron chi connectivity index (χ1n) is 6.30. The van der Waals surface area contributed by atoms with Crippen molar-refractivity contribution in [2.45, 2.75) is 25.9 Å². The summed E-state index contributed by atoms with van der Waals surface area (Å²) in [5.74, 6) is 1.08. The molecule has 4 heteroatoms. The molecule has 0 saturated carbocycles. The molecular weight excluding hydrogens is 214 g/mol. The number of anilines is 1. The van der Waals surface area contributed by atoms with Crippen LogP contribution in [0.1, 0.15) is 19.0 Å². The van der Waals surface area contributed by atoms with Crippen LogP contribution in [0.3, 0.4) is 0 Å². The van der Waals surface area contributed by atoms with Gasteiger partial charge in [0.2, 0.25) is 0 Å². The SMILES string of the molecule is CCC1COCCN1c1cccc(CNC)n1. The Kier molecular flexibility index (Phi) is 4.34. The van der Waals surface area contributed by atoms with Crippen LogP contribution in [-0.2, 0) is 11.3 Å². The second-order valence-corrected chi connectivity index (χ2v) is 4.35. The minimum atomic E-state index is 0.459. The van der Waals surface area contributed by atoms with E-state index < -0.39 is 0 Å². The molecule has 0 aliphatic carbocycles. The Labute approximate surface area is 103 Å². The quantitative estimate of drug-likeness (QED) is 0.856. The van der Waals surface area contributed by atoms with E-state index in [0.717, 1.165) is 44.2 Å². The van der Waals surface area contributed by atoms with Crippen LogP contribution < -0.4 is 10.2 Å². The van der Waals surface area contributed by atoms with E-state index in [1.165, 1.54) is 0 Å². The molecule has 0 bridgehead atoms. The fourth-order valence-corrected chi connectivity index (χ4v) is 2.20. The summed E-state index contributed by atoms with van der Waals surface area (Å²) in [6.07, 6.45) is 1.10. The Hall–Kier alpha value is -1.13. The summed E-state index contributed by atoms with van der Waals surface area (Å²) in [5.41, 5.74) is 1.09. The standard InChI is InChI=1S/C13H21N3O/c1-3-12-10-17-8-7-16(12)13-6-4-5-11(15-13)9-14-2/h4-6,12,14H,3,7-10H2,1-2H3. The van der Waals surface area contributed by atoms with Gasteiger partial charge in [-0.25, -0.2) is 4.98 Å². The van der Waals surface area contributed by atoms with Crippen LogP contribution >= 0.6 is 0 Å². The van der Waals surface area contributed by atoms with Gasteiger partial charge in [0.05, 0.1) is 24.9 Å². The Bertz CT molecular complexity index is 356. The lowest BCUT2D eigenvalue weighted by atomic mass is 10.1. The first-order valence-corrected chi connectivity index (χ1v) is 6.30. The van der Waals surface area contributed by atoms with E-state index in [0.29, 0.717) is 6.04 Å². The summed E-state index contributed by atoms with van der Waals surface area (Å²) in [5, 5.41) is 3.13. The van der Waals surface area contributed by atoms with Crippen LogP contribution in [0.25, 0.3) is 0 Å². The monoisotopic (exact) mass is 235 g/mol. The van der Waals surface area contributed by atoms with Gasteiger partial charge in [0.25, 0.3) is 0 Å². The van der Waals surface area contributed by atoms with Crippen molar-refractivity contribution in [1.82, 2.24) is 10.3 Å². The van der Waals surface area contributed by atoms with Gasteiger partial charge in [0.1, 0.15) is 5.82 Å². The molecule has 2 heterocycles. The van der Waals surface area contributed by atoms with Crippen molar-refractivity contribution >= 4 is 5.82 Å². The number of ether oxygens (including phenoxy) is 1. The van der Waals surface area contributed by atoms with E-state index in [9.17, 15) is 0 Å². The maximum Gasteiger partial charge on any atom is 0.129 e. The number of aromatic nitrogens is 1. The first-order chi connectivity index (χ1) is 8.35. The highest BCUT2D eigenvalue weighted by Crippen LogP contribution is 2.19. The average molecular weight is 235 g/mol. The molecule has 1 unspecified atom stereocenters. The normalized spacial score (nSPS) is 20.6. The highest BCUT2D eigenvalue weighted by molar-refractivity contribution is 5.41. The van der Waals surface area contributed by atoms with Crippen LogP contribution in [0.15, 0.2) is 18.2 Å². The molecular formula is C13H21N3O. The minimum Gasteiger partial charge on any atom is -0.377 e. The van der Waals surface area contributed by atoms with Crippen LogP contribution in [0.5, 0.6) is 0 Å². The molecule has 94 valence electrons. The van der Waals surface area contributed by atoms with E-state index >= 15 is 0 Å². The molecule has 1 saturated heterocycles. The molecule has 0 aromatic carbocycles. The third-order valence-electron chi connectivity index (χ3n) is 3.14. The minimum absolute atomic E-state index is 0.459. The zero-order valence-electron chi connectivity index (χ0n) is 10.6. The van der Waals surface area contributed by atoms with Gasteiger partial charge in [-0.3, -0.25) is 0 Å². The Morgan fingerprint density at radius 3 is 3.18 bits per heavy atom. The van der Waals surface area contributed by atoms with Gasteiger partial charge in [-0.1, -0.05) is 13.0 Å². The molecule has 4 nitrogen and oxygen atoms in total. The second-order valence-electron chi connectivity index (χ2n) is 4.35. The van der Waals surface area contributed by atoms with Gasteiger partial charge in [-0.2, -0.15) is 0 Å². The van der Waals surface area contributed by atoms with Crippen molar-refractivity contribution in [2.24, 2.45) is 0 Å². The zero-order valence-corrected chi connectivity index (χ0v) is 10.6. The number of rotatable bonds is 4. The largest absolute Gasteiger partial charge is 0.377 e. The summed E-state index contributed by atoms with van der Waals surface area (Å²) < 4.78 is 5.52. The number of hydrogen-bond acceptors (Lipinski definition) is 4. The first kappa shape index (κ1) is 12.3. The fourth-order valence-electron chi connectivity index (χ4n) is 2.20. The molecule has 1 aliphatic heterocycles.